The number of benzene rings is 2. The number of hydrogen-bond donors (Lipinski definition) is 0. The highest BCUT2D eigenvalue weighted by Crippen LogP contribution is 2.39. The van der Waals surface area contributed by atoms with E-state index in [4.69, 9.17) is 14.5 Å². The Labute approximate surface area is 170 Å². The Morgan fingerprint density at radius 3 is 2.76 bits per heavy atom. The van der Waals surface area contributed by atoms with Crippen LogP contribution in [0.3, 0.4) is 0 Å². The number of carbonyl (C=O) groups is 1. The van der Waals surface area contributed by atoms with Gasteiger partial charge < -0.3 is 19.3 Å². The van der Waals surface area contributed by atoms with Gasteiger partial charge >= 0.3 is 0 Å². The van der Waals surface area contributed by atoms with Gasteiger partial charge in [-0.1, -0.05) is 12.1 Å². The molecule has 0 atom stereocenters. The lowest BCUT2D eigenvalue weighted by Gasteiger charge is -2.25. The van der Waals surface area contributed by atoms with Gasteiger partial charge in [-0.3, -0.25) is 4.79 Å². The normalized spacial score (nSPS) is 18.6. The molecule has 2 aliphatic heterocycles. The van der Waals surface area contributed by atoms with Crippen molar-refractivity contribution in [3.05, 3.63) is 48.0 Å². The van der Waals surface area contributed by atoms with Gasteiger partial charge in [0.1, 0.15) is 23.0 Å². The van der Waals surface area contributed by atoms with E-state index in [1.165, 1.54) is 0 Å². The van der Waals surface area contributed by atoms with Crippen LogP contribution in [0.5, 0.6) is 17.2 Å². The number of carbonyl (C=O) groups excluding carboxylic acids is 1. The summed E-state index contributed by atoms with van der Waals surface area (Å²) < 4.78 is 11.7. The second kappa shape index (κ2) is 7.43. The second-order valence-corrected chi connectivity index (χ2v) is 7.81. The van der Waals surface area contributed by atoms with Crippen molar-refractivity contribution >= 4 is 17.4 Å². The van der Waals surface area contributed by atoms with Crippen LogP contribution < -0.4 is 9.47 Å². The molecule has 0 radical (unpaired) electrons. The van der Waals surface area contributed by atoms with Crippen LogP contribution in [0.2, 0.25) is 0 Å². The summed E-state index contributed by atoms with van der Waals surface area (Å²) in [6.07, 6.45) is 3.03. The minimum atomic E-state index is 0.266. The molecule has 0 spiro atoms. The van der Waals surface area contributed by atoms with Crippen LogP contribution in [0.4, 0.5) is 5.69 Å². The molecule has 1 saturated heterocycles. The molecule has 2 aromatic carbocycles. The van der Waals surface area contributed by atoms with Crippen LogP contribution in [0, 0.1) is 5.92 Å². The Kier molecular flexibility index (Phi) is 4.62. The van der Waals surface area contributed by atoms with Crippen LogP contribution in [-0.2, 0) is 4.79 Å². The van der Waals surface area contributed by atoms with Crippen molar-refractivity contribution in [2.75, 3.05) is 33.3 Å². The van der Waals surface area contributed by atoms with Crippen molar-refractivity contribution in [2.45, 2.75) is 19.3 Å². The molecule has 1 saturated carbocycles. The molecule has 5 rings (SSSR count). The number of rotatable bonds is 2. The second-order valence-electron chi connectivity index (χ2n) is 7.81. The van der Waals surface area contributed by atoms with E-state index in [2.05, 4.69) is 4.90 Å². The number of amidine groups is 1. The molecule has 0 aromatic heterocycles. The van der Waals surface area contributed by atoms with Crippen molar-refractivity contribution in [3.8, 4) is 17.2 Å². The SMILES string of the molecule is COc1ccc2c(c1)C(N1CCCN(C(=O)C3CC3)CC1)=Nc1ccccc1O2. The highest BCUT2D eigenvalue weighted by atomic mass is 16.5. The summed E-state index contributed by atoms with van der Waals surface area (Å²) >= 11 is 0. The van der Waals surface area contributed by atoms with Crippen LogP contribution >= 0.6 is 0 Å². The maximum absolute atomic E-state index is 12.5. The van der Waals surface area contributed by atoms with E-state index in [0.29, 0.717) is 5.91 Å². The van der Waals surface area contributed by atoms with Crippen molar-refractivity contribution in [1.29, 1.82) is 0 Å². The largest absolute Gasteiger partial charge is 0.497 e. The maximum Gasteiger partial charge on any atom is 0.225 e. The molecular weight excluding hydrogens is 366 g/mol. The van der Waals surface area contributed by atoms with Gasteiger partial charge in [-0.2, -0.15) is 0 Å². The molecule has 2 heterocycles. The smallest absolute Gasteiger partial charge is 0.225 e. The first-order valence-corrected chi connectivity index (χ1v) is 10.3. The third-order valence-electron chi connectivity index (χ3n) is 5.77. The minimum Gasteiger partial charge on any atom is -0.497 e. The van der Waals surface area contributed by atoms with E-state index in [0.717, 1.165) is 79.8 Å². The number of ether oxygens (including phenoxy) is 2. The Hall–Kier alpha value is -3.02. The van der Waals surface area contributed by atoms with Crippen LogP contribution in [0.15, 0.2) is 47.5 Å². The molecule has 1 aliphatic carbocycles. The van der Waals surface area contributed by atoms with Gasteiger partial charge in [-0.05, 0) is 49.6 Å². The average Bonchev–Trinajstić information content (AvgIpc) is 3.60. The summed E-state index contributed by atoms with van der Waals surface area (Å²) in [5.41, 5.74) is 1.73. The fourth-order valence-corrected chi connectivity index (χ4v) is 4.01. The lowest BCUT2D eigenvalue weighted by atomic mass is 10.1. The van der Waals surface area contributed by atoms with Crippen LogP contribution in [0.25, 0.3) is 0 Å². The fourth-order valence-electron chi connectivity index (χ4n) is 4.01. The number of aliphatic imine (C=N–C) groups is 1. The third kappa shape index (κ3) is 3.55. The average molecular weight is 391 g/mol. The lowest BCUT2D eigenvalue weighted by molar-refractivity contribution is -0.132. The predicted octanol–water partition coefficient (Wildman–Crippen LogP) is 3.82. The highest BCUT2D eigenvalue weighted by molar-refractivity contribution is 6.04. The van der Waals surface area contributed by atoms with Gasteiger partial charge in [-0.15, -0.1) is 0 Å². The van der Waals surface area contributed by atoms with Crippen molar-refractivity contribution in [1.82, 2.24) is 9.80 Å². The van der Waals surface area contributed by atoms with Crippen LogP contribution in [0.1, 0.15) is 24.8 Å². The number of methoxy groups -OCH3 is 1. The molecule has 150 valence electrons. The molecule has 0 bridgehead atoms. The molecule has 6 nitrogen and oxygen atoms in total. The predicted molar refractivity (Wildman–Crippen MR) is 111 cm³/mol. The van der Waals surface area contributed by atoms with Gasteiger partial charge in [-0.25, -0.2) is 4.99 Å². The topological polar surface area (TPSA) is 54.4 Å². The number of amides is 1. The summed E-state index contributed by atoms with van der Waals surface area (Å²) in [5.74, 6) is 3.75. The van der Waals surface area contributed by atoms with Gasteiger partial charge in [0, 0.05) is 32.1 Å². The first-order chi connectivity index (χ1) is 14.2. The summed E-state index contributed by atoms with van der Waals surface area (Å²) in [6, 6.07) is 13.7. The van der Waals surface area contributed by atoms with Crippen molar-refractivity contribution in [3.63, 3.8) is 0 Å². The molecule has 2 fully saturated rings. The summed E-state index contributed by atoms with van der Waals surface area (Å²) in [5, 5.41) is 0. The van der Waals surface area contributed by atoms with Crippen molar-refractivity contribution < 1.29 is 14.3 Å². The monoisotopic (exact) mass is 391 g/mol. The highest BCUT2D eigenvalue weighted by Gasteiger charge is 2.34. The summed E-state index contributed by atoms with van der Waals surface area (Å²) in [4.78, 5) is 21.8. The molecule has 0 N–H and O–H groups in total. The van der Waals surface area contributed by atoms with Gasteiger partial charge in [0.25, 0.3) is 0 Å². The van der Waals surface area contributed by atoms with Crippen LogP contribution in [-0.4, -0.2) is 54.8 Å². The zero-order valence-electron chi connectivity index (χ0n) is 16.6. The first kappa shape index (κ1) is 18.0. The van der Waals surface area contributed by atoms with E-state index in [1.807, 2.05) is 47.4 Å². The Balaban J connectivity index is 1.50. The molecule has 2 aromatic rings. The molecule has 3 aliphatic rings. The number of para-hydroxylation sites is 2. The van der Waals surface area contributed by atoms with Gasteiger partial charge in [0.2, 0.25) is 5.91 Å². The van der Waals surface area contributed by atoms with Gasteiger partial charge in [0.05, 0.1) is 12.7 Å². The standard InChI is InChI=1S/C23H25N3O3/c1-28-17-9-10-20-18(15-17)22(24-19-5-2-3-6-21(19)29-20)25-11-4-12-26(14-13-25)23(27)16-7-8-16/h2-3,5-6,9-10,15-16H,4,7-8,11-14H2,1H3. The van der Waals surface area contributed by atoms with E-state index in [1.54, 1.807) is 7.11 Å². The lowest BCUT2D eigenvalue weighted by Crippen LogP contribution is -2.38. The van der Waals surface area contributed by atoms with Crippen molar-refractivity contribution in [2.24, 2.45) is 10.9 Å². The quantitative estimate of drug-likeness (QED) is 0.781. The molecule has 6 heteroatoms. The van der Waals surface area contributed by atoms with E-state index in [9.17, 15) is 4.79 Å². The third-order valence-corrected chi connectivity index (χ3v) is 5.77. The van der Waals surface area contributed by atoms with Gasteiger partial charge in [0.15, 0.2) is 5.75 Å². The Morgan fingerprint density at radius 2 is 1.93 bits per heavy atom. The van der Waals surface area contributed by atoms with E-state index in [-0.39, 0.29) is 5.92 Å². The molecule has 1 amide bonds. The number of fused-ring (bicyclic) bond motifs is 2. The zero-order valence-corrected chi connectivity index (χ0v) is 16.6. The maximum atomic E-state index is 12.5. The molecular formula is C23H25N3O3. The van der Waals surface area contributed by atoms with E-state index < -0.39 is 0 Å². The minimum absolute atomic E-state index is 0.266. The fraction of sp³-hybridized carbons (Fsp3) is 0.391. The van der Waals surface area contributed by atoms with E-state index >= 15 is 0 Å². The Bertz CT molecular complexity index is 968. The summed E-state index contributed by atoms with van der Waals surface area (Å²) in [6.45, 7) is 3.16. The summed E-state index contributed by atoms with van der Waals surface area (Å²) in [7, 11) is 1.66. The first-order valence-electron chi connectivity index (χ1n) is 10.3. The number of nitrogens with zero attached hydrogens (tertiary/aromatic N) is 3. The zero-order chi connectivity index (χ0) is 19.8. The Morgan fingerprint density at radius 1 is 1.07 bits per heavy atom. The molecule has 29 heavy (non-hydrogen) atoms. The molecule has 0 unspecified atom stereocenters. The number of hydrogen-bond acceptors (Lipinski definition) is 5.